The van der Waals surface area contributed by atoms with E-state index in [9.17, 15) is 4.39 Å². The molecule has 1 aliphatic carbocycles. The Morgan fingerprint density at radius 2 is 2.10 bits per heavy atom. The molecule has 1 aromatic carbocycles. The summed E-state index contributed by atoms with van der Waals surface area (Å²) in [4.78, 5) is 0. The normalized spacial score (nSPS) is 23.6. The summed E-state index contributed by atoms with van der Waals surface area (Å²) in [7, 11) is 0. The number of nitrogens with one attached hydrogen (secondary N) is 1. The first-order valence-corrected chi connectivity index (χ1v) is 7.95. The lowest BCUT2D eigenvalue weighted by Gasteiger charge is -2.44. The molecule has 2 unspecified atom stereocenters. The van der Waals surface area contributed by atoms with E-state index in [4.69, 9.17) is 0 Å². The third-order valence-corrected chi connectivity index (χ3v) is 4.90. The molecule has 0 aromatic heterocycles. The van der Waals surface area contributed by atoms with E-state index >= 15 is 0 Å². The van der Waals surface area contributed by atoms with E-state index in [0.29, 0.717) is 5.92 Å². The van der Waals surface area contributed by atoms with Gasteiger partial charge in [-0.1, -0.05) is 51.3 Å². The van der Waals surface area contributed by atoms with Gasteiger partial charge in [-0.05, 0) is 43.7 Å². The van der Waals surface area contributed by atoms with Crippen molar-refractivity contribution >= 4 is 0 Å². The highest BCUT2D eigenvalue weighted by atomic mass is 19.1. The summed E-state index contributed by atoms with van der Waals surface area (Å²) in [6.45, 7) is 9.71. The van der Waals surface area contributed by atoms with Crippen molar-refractivity contribution in [2.24, 2.45) is 11.3 Å². The smallest absolute Gasteiger partial charge is 0.128 e. The predicted molar refractivity (Wildman–Crippen MR) is 83.3 cm³/mol. The fourth-order valence-corrected chi connectivity index (χ4v) is 3.73. The van der Waals surface area contributed by atoms with E-state index in [1.807, 2.05) is 19.1 Å². The first-order valence-electron chi connectivity index (χ1n) is 7.95. The first-order chi connectivity index (χ1) is 9.45. The van der Waals surface area contributed by atoms with Crippen molar-refractivity contribution in [3.8, 4) is 0 Å². The van der Waals surface area contributed by atoms with Crippen LogP contribution >= 0.6 is 0 Å². The van der Waals surface area contributed by atoms with Crippen LogP contribution in [0, 0.1) is 24.1 Å². The zero-order chi connectivity index (χ0) is 14.8. The fraction of sp³-hybridized carbons (Fsp3) is 0.667. The Labute approximate surface area is 123 Å². The SMILES string of the molecule is CCNC(c1cc(C)ccc1F)C1CCCCC1(C)C. The van der Waals surface area contributed by atoms with Crippen LogP contribution < -0.4 is 5.32 Å². The monoisotopic (exact) mass is 277 g/mol. The summed E-state index contributed by atoms with van der Waals surface area (Å²) in [6.07, 6.45) is 5.01. The predicted octanol–water partition coefficient (Wildman–Crippen LogP) is 5.00. The number of halogens is 1. The molecule has 112 valence electrons. The number of benzene rings is 1. The Morgan fingerprint density at radius 3 is 2.75 bits per heavy atom. The highest BCUT2D eigenvalue weighted by Gasteiger charge is 2.38. The van der Waals surface area contributed by atoms with Crippen LogP contribution in [0.5, 0.6) is 0 Å². The summed E-state index contributed by atoms with van der Waals surface area (Å²) < 4.78 is 14.3. The molecule has 0 heterocycles. The van der Waals surface area contributed by atoms with E-state index in [-0.39, 0.29) is 17.3 Å². The van der Waals surface area contributed by atoms with Crippen LogP contribution in [0.3, 0.4) is 0 Å². The summed E-state index contributed by atoms with van der Waals surface area (Å²) in [5, 5.41) is 3.55. The molecule has 0 saturated heterocycles. The van der Waals surface area contributed by atoms with Gasteiger partial charge in [-0.15, -0.1) is 0 Å². The van der Waals surface area contributed by atoms with E-state index in [2.05, 4.69) is 26.1 Å². The van der Waals surface area contributed by atoms with E-state index in [1.165, 1.54) is 25.7 Å². The number of rotatable bonds is 4. The van der Waals surface area contributed by atoms with Gasteiger partial charge < -0.3 is 5.32 Å². The number of hydrogen-bond acceptors (Lipinski definition) is 1. The Hall–Kier alpha value is -0.890. The molecule has 1 saturated carbocycles. The molecule has 1 nitrogen and oxygen atoms in total. The standard InChI is InChI=1S/C18H28FN/c1-5-20-17(14-12-13(2)9-10-16(14)19)15-8-6-7-11-18(15,3)4/h9-10,12,15,17,20H,5-8,11H2,1-4H3. The Kier molecular flexibility index (Phi) is 4.85. The van der Waals surface area contributed by atoms with Gasteiger partial charge in [-0.2, -0.15) is 0 Å². The zero-order valence-electron chi connectivity index (χ0n) is 13.3. The van der Waals surface area contributed by atoms with Crippen LogP contribution in [-0.2, 0) is 0 Å². The fourth-order valence-electron chi connectivity index (χ4n) is 3.73. The Balaban J connectivity index is 2.37. The molecular weight excluding hydrogens is 249 g/mol. The van der Waals surface area contributed by atoms with Crippen molar-refractivity contribution < 1.29 is 4.39 Å². The molecule has 0 spiro atoms. The highest BCUT2D eigenvalue weighted by Crippen LogP contribution is 2.47. The molecule has 0 aliphatic heterocycles. The second-order valence-corrected chi connectivity index (χ2v) is 6.90. The second-order valence-electron chi connectivity index (χ2n) is 6.90. The van der Waals surface area contributed by atoms with Crippen molar-refractivity contribution in [3.63, 3.8) is 0 Å². The van der Waals surface area contributed by atoms with Crippen molar-refractivity contribution in [1.29, 1.82) is 0 Å². The maximum Gasteiger partial charge on any atom is 0.128 e. The summed E-state index contributed by atoms with van der Waals surface area (Å²) >= 11 is 0. The molecular formula is C18H28FN. The molecule has 2 atom stereocenters. The molecule has 2 rings (SSSR count). The number of aryl methyl sites for hydroxylation is 1. The molecule has 1 aromatic rings. The van der Waals surface area contributed by atoms with E-state index in [0.717, 1.165) is 17.7 Å². The third-order valence-electron chi connectivity index (χ3n) is 4.90. The van der Waals surface area contributed by atoms with E-state index in [1.54, 1.807) is 6.07 Å². The topological polar surface area (TPSA) is 12.0 Å². The van der Waals surface area contributed by atoms with Gasteiger partial charge in [0.05, 0.1) is 0 Å². The molecule has 2 heteroatoms. The van der Waals surface area contributed by atoms with E-state index < -0.39 is 0 Å². The molecule has 1 fully saturated rings. The maximum atomic E-state index is 14.3. The lowest BCUT2D eigenvalue weighted by atomic mass is 9.64. The summed E-state index contributed by atoms with van der Waals surface area (Å²) in [5.41, 5.74) is 2.27. The van der Waals surface area contributed by atoms with Crippen LogP contribution in [0.25, 0.3) is 0 Å². The van der Waals surface area contributed by atoms with Crippen LogP contribution in [-0.4, -0.2) is 6.54 Å². The van der Waals surface area contributed by atoms with Crippen molar-refractivity contribution in [2.75, 3.05) is 6.54 Å². The average molecular weight is 277 g/mol. The molecule has 1 aliphatic rings. The summed E-state index contributed by atoms with van der Waals surface area (Å²) in [6, 6.07) is 5.63. The third kappa shape index (κ3) is 3.22. The molecule has 0 radical (unpaired) electrons. The molecule has 20 heavy (non-hydrogen) atoms. The maximum absolute atomic E-state index is 14.3. The minimum Gasteiger partial charge on any atom is -0.310 e. The van der Waals surface area contributed by atoms with Gasteiger partial charge in [0.1, 0.15) is 5.82 Å². The Bertz CT molecular complexity index is 453. The zero-order valence-corrected chi connectivity index (χ0v) is 13.3. The van der Waals surface area contributed by atoms with Crippen molar-refractivity contribution in [1.82, 2.24) is 5.32 Å². The molecule has 0 bridgehead atoms. The largest absolute Gasteiger partial charge is 0.310 e. The van der Waals surface area contributed by atoms with Gasteiger partial charge in [-0.25, -0.2) is 4.39 Å². The van der Waals surface area contributed by atoms with Crippen molar-refractivity contribution in [2.45, 2.75) is 59.4 Å². The minimum absolute atomic E-state index is 0.0667. The summed E-state index contributed by atoms with van der Waals surface area (Å²) in [5.74, 6) is 0.440. The lowest BCUT2D eigenvalue weighted by Crippen LogP contribution is -2.39. The first kappa shape index (κ1) is 15.5. The van der Waals surface area contributed by atoms with Gasteiger partial charge in [0.15, 0.2) is 0 Å². The van der Waals surface area contributed by atoms with Crippen molar-refractivity contribution in [3.05, 3.63) is 35.1 Å². The van der Waals surface area contributed by atoms with Gasteiger partial charge in [0, 0.05) is 11.6 Å². The number of hydrogen-bond donors (Lipinski definition) is 1. The van der Waals surface area contributed by atoms with Crippen LogP contribution in [0.15, 0.2) is 18.2 Å². The second kappa shape index (κ2) is 6.26. The Morgan fingerprint density at radius 1 is 1.35 bits per heavy atom. The van der Waals surface area contributed by atoms with Gasteiger partial charge in [0.25, 0.3) is 0 Å². The van der Waals surface area contributed by atoms with Crippen LogP contribution in [0.1, 0.15) is 63.6 Å². The average Bonchev–Trinajstić information content (AvgIpc) is 2.39. The van der Waals surface area contributed by atoms with Crippen LogP contribution in [0.2, 0.25) is 0 Å². The van der Waals surface area contributed by atoms with Crippen LogP contribution in [0.4, 0.5) is 4.39 Å². The lowest BCUT2D eigenvalue weighted by molar-refractivity contribution is 0.0974. The molecule has 0 amide bonds. The van der Waals surface area contributed by atoms with Gasteiger partial charge in [0.2, 0.25) is 0 Å². The van der Waals surface area contributed by atoms with Gasteiger partial charge >= 0.3 is 0 Å². The minimum atomic E-state index is -0.0667. The highest BCUT2D eigenvalue weighted by molar-refractivity contribution is 5.28. The van der Waals surface area contributed by atoms with Gasteiger partial charge in [-0.3, -0.25) is 0 Å². The molecule has 1 N–H and O–H groups in total. The quantitative estimate of drug-likeness (QED) is 0.816.